The number of fused-ring (bicyclic) bond motifs is 1. The highest BCUT2D eigenvalue weighted by Gasteiger charge is 2.20. The Balaban J connectivity index is 1.87. The third-order valence-corrected chi connectivity index (χ3v) is 5.54. The van der Waals surface area contributed by atoms with Crippen LogP contribution in [0.15, 0.2) is 29.3 Å². The van der Waals surface area contributed by atoms with Crippen LogP contribution in [0.3, 0.4) is 0 Å². The molecule has 1 aliphatic heterocycles. The number of aliphatic hydroxyl groups excluding tert-OH is 1. The Morgan fingerprint density at radius 2 is 1.93 bits per heavy atom. The van der Waals surface area contributed by atoms with Gasteiger partial charge in [-0.2, -0.15) is 0 Å². The van der Waals surface area contributed by atoms with Gasteiger partial charge in [-0.1, -0.05) is 38.1 Å². The Morgan fingerprint density at radius 3 is 2.61 bits per heavy atom. The van der Waals surface area contributed by atoms with Crippen LogP contribution in [0, 0.1) is 11.8 Å². The summed E-state index contributed by atoms with van der Waals surface area (Å²) in [5.74, 6) is 1.96. The number of hydrogen-bond acceptors (Lipinski definition) is 3. The van der Waals surface area contributed by atoms with E-state index >= 15 is 0 Å². The molecule has 1 aliphatic rings. The fourth-order valence-electron chi connectivity index (χ4n) is 3.96. The largest absolute Gasteiger partial charge is 0.396 e. The van der Waals surface area contributed by atoms with E-state index < -0.39 is 0 Å². The molecule has 2 unspecified atom stereocenters. The van der Waals surface area contributed by atoms with Crippen LogP contribution >= 0.6 is 0 Å². The van der Waals surface area contributed by atoms with Crippen molar-refractivity contribution in [3.63, 3.8) is 0 Å². The number of rotatable bonds is 10. The molecule has 28 heavy (non-hydrogen) atoms. The number of nitrogens with zero attached hydrogens (tertiary/aromatic N) is 2. The minimum atomic E-state index is 0.240. The molecule has 1 heterocycles. The van der Waals surface area contributed by atoms with Gasteiger partial charge in [0.05, 0.1) is 0 Å². The maximum atomic E-state index is 9.32. The van der Waals surface area contributed by atoms with Crippen molar-refractivity contribution >= 4 is 5.96 Å². The van der Waals surface area contributed by atoms with E-state index in [0.717, 1.165) is 57.9 Å². The first-order valence-corrected chi connectivity index (χ1v) is 11.0. The number of aliphatic hydroxyl groups is 1. The molecule has 0 fully saturated rings. The van der Waals surface area contributed by atoms with Gasteiger partial charge in [0.1, 0.15) is 0 Å². The molecular formula is C23H40N4O. The van der Waals surface area contributed by atoms with Crippen LogP contribution in [0.4, 0.5) is 0 Å². The number of hydrogen-bond donors (Lipinski definition) is 3. The average molecular weight is 389 g/mol. The van der Waals surface area contributed by atoms with Crippen LogP contribution in [0.25, 0.3) is 0 Å². The second-order valence-electron chi connectivity index (χ2n) is 8.45. The fraction of sp³-hybridized carbons (Fsp3) is 0.696. The fourth-order valence-corrected chi connectivity index (χ4v) is 3.96. The maximum Gasteiger partial charge on any atom is 0.191 e. The highest BCUT2D eigenvalue weighted by Crippen LogP contribution is 2.20. The monoisotopic (exact) mass is 388 g/mol. The van der Waals surface area contributed by atoms with Crippen LogP contribution < -0.4 is 10.6 Å². The zero-order valence-electron chi connectivity index (χ0n) is 18.2. The predicted molar refractivity (Wildman–Crippen MR) is 119 cm³/mol. The first-order valence-electron chi connectivity index (χ1n) is 11.0. The van der Waals surface area contributed by atoms with Crippen molar-refractivity contribution in [2.75, 3.05) is 32.8 Å². The standard InChI is InChI=1S/C23H40N4O/c1-5-24-23(26-16-20(11-13-28)14-18(2)3)25-15-19(4)27-12-10-21-8-6-7-9-22(21)17-27/h6-9,18-20,28H,5,10-17H2,1-4H3,(H2,24,25,26). The Labute approximate surface area is 171 Å². The van der Waals surface area contributed by atoms with Gasteiger partial charge >= 0.3 is 0 Å². The number of aliphatic imine (C=N–C) groups is 1. The summed E-state index contributed by atoms with van der Waals surface area (Å²) in [6.07, 6.45) is 3.06. The van der Waals surface area contributed by atoms with Crippen LogP contribution in [0.5, 0.6) is 0 Å². The molecule has 0 saturated heterocycles. The summed E-state index contributed by atoms with van der Waals surface area (Å²) in [6, 6.07) is 9.23. The summed E-state index contributed by atoms with van der Waals surface area (Å²) in [4.78, 5) is 7.35. The van der Waals surface area contributed by atoms with Crippen LogP contribution in [0.1, 0.15) is 51.7 Å². The molecule has 0 bridgehead atoms. The number of benzene rings is 1. The summed E-state index contributed by atoms with van der Waals surface area (Å²) in [6.45, 7) is 13.7. The Hall–Kier alpha value is -1.59. The molecule has 0 radical (unpaired) electrons. The lowest BCUT2D eigenvalue weighted by molar-refractivity contribution is 0.191. The molecule has 0 amide bonds. The lowest BCUT2D eigenvalue weighted by atomic mass is 9.94. The van der Waals surface area contributed by atoms with E-state index in [-0.39, 0.29) is 6.61 Å². The summed E-state index contributed by atoms with van der Waals surface area (Å²) in [7, 11) is 0. The van der Waals surface area contributed by atoms with E-state index in [0.29, 0.717) is 17.9 Å². The highest BCUT2D eigenvalue weighted by molar-refractivity contribution is 5.79. The second kappa shape index (κ2) is 12.1. The van der Waals surface area contributed by atoms with Crippen molar-refractivity contribution in [2.45, 2.75) is 59.5 Å². The molecule has 5 heteroatoms. The summed E-state index contributed by atoms with van der Waals surface area (Å²) < 4.78 is 0. The summed E-state index contributed by atoms with van der Waals surface area (Å²) in [5, 5.41) is 16.2. The van der Waals surface area contributed by atoms with Gasteiger partial charge in [0.15, 0.2) is 5.96 Å². The van der Waals surface area contributed by atoms with Gasteiger partial charge in [-0.05, 0) is 56.1 Å². The average Bonchev–Trinajstić information content (AvgIpc) is 2.69. The highest BCUT2D eigenvalue weighted by atomic mass is 16.3. The molecule has 2 atom stereocenters. The van der Waals surface area contributed by atoms with Gasteiger partial charge in [-0.15, -0.1) is 0 Å². The quantitative estimate of drug-likeness (QED) is 0.426. The third kappa shape index (κ3) is 7.44. The first-order chi connectivity index (χ1) is 13.5. The number of guanidine groups is 1. The van der Waals surface area contributed by atoms with Crippen molar-refractivity contribution in [3.8, 4) is 0 Å². The van der Waals surface area contributed by atoms with Gasteiger partial charge in [-0.25, -0.2) is 0 Å². The molecule has 1 aromatic rings. The van der Waals surface area contributed by atoms with Gasteiger partial charge < -0.3 is 15.7 Å². The van der Waals surface area contributed by atoms with Crippen molar-refractivity contribution in [1.29, 1.82) is 0 Å². The summed E-state index contributed by atoms with van der Waals surface area (Å²) in [5.41, 5.74) is 2.95. The lowest BCUT2D eigenvalue weighted by Crippen LogP contribution is -2.47. The maximum absolute atomic E-state index is 9.32. The first kappa shape index (κ1) is 22.7. The molecule has 0 spiro atoms. The normalized spacial score (nSPS) is 17.3. The molecular weight excluding hydrogens is 348 g/mol. The minimum Gasteiger partial charge on any atom is -0.396 e. The zero-order chi connectivity index (χ0) is 20.4. The Morgan fingerprint density at radius 1 is 1.18 bits per heavy atom. The molecule has 3 N–H and O–H groups in total. The van der Waals surface area contributed by atoms with Crippen molar-refractivity contribution in [3.05, 3.63) is 35.4 Å². The second-order valence-corrected chi connectivity index (χ2v) is 8.45. The van der Waals surface area contributed by atoms with Crippen molar-refractivity contribution in [1.82, 2.24) is 15.5 Å². The molecule has 5 nitrogen and oxygen atoms in total. The van der Waals surface area contributed by atoms with E-state index in [1.54, 1.807) is 0 Å². The molecule has 158 valence electrons. The Bertz CT molecular complexity index is 602. The minimum absolute atomic E-state index is 0.240. The lowest BCUT2D eigenvalue weighted by Gasteiger charge is -2.34. The molecule has 0 saturated carbocycles. The summed E-state index contributed by atoms with van der Waals surface area (Å²) >= 11 is 0. The predicted octanol–water partition coefficient (Wildman–Crippen LogP) is 3.03. The van der Waals surface area contributed by atoms with Crippen molar-refractivity contribution < 1.29 is 5.11 Å². The van der Waals surface area contributed by atoms with E-state index in [9.17, 15) is 5.11 Å². The smallest absolute Gasteiger partial charge is 0.191 e. The van der Waals surface area contributed by atoms with Gasteiger partial charge in [0.25, 0.3) is 0 Å². The van der Waals surface area contributed by atoms with Gasteiger partial charge in [0, 0.05) is 45.4 Å². The third-order valence-electron chi connectivity index (χ3n) is 5.54. The van der Waals surface area contributed by atoms with Crippen molar-refractivity contribution in [2.24, 2.45) is 16.8 Å². The molecule has 1 aromatic carbocycles. The van der Waals surface area contributed by atoms with Gasteiger partial charge in [-0.3, -0.25) is 9.89 Å². The SMILES string of the molecule is CCNC(=NCC(CCO)CC(C)C)NCC(C)N1CCc2ccccc2C1. The number of nitrogens with one attached hydrogen (secondary N) is 2. The molecule has 0 aromatic heterocycles. The van der Waals surface area contributed by atoms with E-state index in [1.165, 1.54) is 11.1 Å². The van der Waals surface area contributed by atoms with Crippen LogP contribution in [-0.4, -0.2) is 54.8 Å². The van der Waals surface area contributed by atoms with Crippen LogP contribution in [0.2, 0.25) is 0 Å². The molecule has 0 aliphatic carbocycles. The van der Waals surface area contributed by atoms with Gasteiger partial charge in [0.2, 0.25) is 0 Å². The van der Waals surface area contributed by atoms with E-state index in [1.807, 2.05) is 0 Å². The molecule has 2 rings (SSSR count). The van der Waals surface area contributed by atoms with E-state index in [4.69, 9.17) is 4.99 Å². The zero-order valence-corrected chi connectivity index (χ0v) is 18.2. The topological polar surface area (TPSA) is 59.9 Å². The Kier molecular flexibility index (Phi) is 9.79. The van der Waals surface area contributed by atoms with Crippen LogP contribution in [-0.2, 0) is 13.0 Å². The van der Waals surface area contributed by atoms with E-state index in [2.05, 4.69) is 67.5 Å².